The fourth-order valence-corrected chi connectivity index (χ4v) is 4.18. The van der Waals surface area contributed by atoms with E-state index in [9.17, 15) is 9.59 Å². The molecule has 4 rings (SSSR count). The highest BCUT2D eigenvalue weighted by Crippen LogP contribution is 2.36. The lowest BCUT2D eigenvalue weighted by molar-refractivity contribution is 0.0990. The van der Waals surface area contributed by atoms with Crippen molar-refractivity contribution in [3.05, 3.63) is 61.6 Å². The van der Waals surface area contributed by atoms with Crippen molar-refractivity contribution in [1.82, 2.24) is 0 Å². The summed E-state index contributed by atoms with van der Waals surface area (Å²) in [6, 6.07) is 6.73. The predicted molar refractivity (Wildman–Crippen MR) is 101 cm³/mol. The molecule has 0 unspecified atom stereocenters. The molecule has 0 amide bonds. The monoisotopic (exact) mass is 390 g/mol. The molecule has 0 radical (unpaired) electrons. The third-order valence-electron chi connectivity index (χ3n) is 4.14. The Morgan fingerprint density at radius 2 is 1.60 bits per heavy atom. The first-order chi connectivity index (χ1) is 11.8. The van der Waals surface area contributed by atoms with Gasteiger partial charge in [0.05, 0.1) is 20.3 Å². The normalized spacial score (nSPS) is 14.0. The van der Waals surface area contributed by atoms with Crippen LogP contribution in [0.25, 0.3) is 16.4 Å². The van der Waals surface area contributed by atoms with Gasteiger partial charge in [-0.15, -0.1) is 11.3 Å². The zero-order valence-electron chi connectivity index (χ0n) is 13.4. The number of furan rings is 1. The van der Waals surface area contributed by atoms with Crippen LogP contribution in [-0.4, -0.2) is 11.6 Å². The van der Waals surface area contributed by atoms with Crippen LogP contribution in [0.5, 0.6) is 0 Å². The second-order valence-corrected chi connectivity index (χ2v) is 8.14. The summed E-state index contributed by atoms with van der Waals surface area (Å²) in [6.07, 6.45) is 1.49. The van der Waals surface area contributed by atoms with Gasteiger partial charge in [-0.3, -0.25) is 9.59 Å². The van der Waals surface area contributed by atoms with Crippen LogP contribution in [0.3, 0.4) is 0 Å². The number of thiophene rings is 1. The summed E-state index contributed by atoms with van der Waals surface area (Å²) >= 11 is 13.6. The van der Waals surface area contributed by atoms with Crippen LogP contribution in [0.2, 0.25) is 10.0 Å². The van der Waals surface area contributed by atoms with Gasteiger partial charge in [0.1, 0.15) is 11.3 Å². The number of Topliss-reactive ketones (excluding diaryl/α,β-unsaturated/α-hetero) is 2. The van der Waals surface area contributed by atoms with Gasteiger partial charge in [-0.25, -0.2) is 0 Å². The Morgan fingerprint density at radius 3 is 2.12 bits per heavy atom. The second-order valence-electron chi connectivity index (χ2n) is 6.21. The van der Waals surface area contributed by atoms with Crippen molar-refractivity contribution in [1.29, 1.82) is 0 Å². The van der Waals surface area contributed by atoms with E-state index in [1.165, 1.54) is 23.1 Å². The molecular formula is C19H12Cl2O3S. The number of halogens is 2. The van der Waals surface area contributed by atoms with Crippen molar-refractivity contribution < 1.29 is 14.0 Å². The van der Waals surface area contributed by atoms with E-state index in [-0.39, 0.29) is 38.3 Å². The summed E-state index contributed by atoms with van der Waals surface area (Å²) in [4.78, 5) is 26.3. The summed E-state index contributed by atoms with van der Waals surface area (Å²) in [5.74, 6) is 0.192. The Hall–Kier alpha value is -1.88. The largest absolute Gasteiger partial charge is 0.456 e. The molecule has 25 heavy (non-hydrogen) atoms. The summed E-state index contributed by atoms with van der Waals surface area (Å²) < 4.78 is 6.78. The van der Waals surface area contributed by atoms with Gasteiger partial charge < -0.3 is 4.42 Å². The molecule has 0 bridgehead atoms. The Labute approximate surface area is 157 Å². The highest BCUT2D eigenvalue weighted by Gasteiger charge is 2.34. The lowest BCUT2D eigenvalue weighted by atomic mass is 10.1. The van der Waals surface area contributed by atoms with Gasteiger partial charge in [-0.1, -0.05) is 37.0 Å². The first-order valence-corrected chi connectivity index (χ1v) is 9.26. The molecule has 0 atom stereocenters. The third-order valence-corrected chi connectivity index (χ3v) is 6.23. The van der Waals surface area contributed by atoms with E-state index >= 15 is 0 Å². The Kier molecular flexibility index (Phi) is 3.87. The number of ketones is 2. The number of fused-ring (bicyclic) bond motifs is 2. The van der Waals surface area contributed by atoms with Gasteiger partial charge in [0, 0.05) is 22.1 Å². The van der Waals surface area contributed by atoms with Gasteiger partial charge in [0.25, 0.3) is 0 Å². The number of rotatable bonds is 2. The van der Waals surface area contributed by atoms with Gasteiger partial charge in [-0.2, -0.15) is 0 Å². The lowest BCUT2D eigenvalue weighted by Gasteiger charge is -1.98. The summed E-state index contributed by atoms with van der Waals surface area (Å²) in [7, 11) is 0. The van der Waals surface area contributed by atoms with Crippen LogP contribution in [0, 0.1) is 0 Å². The molecular weight excluding hydrogens is 379 g/mol. The molecule has 1 aliphatic rings. The summed E-state index contributed by atoms with van der Waals surface area (Å²) in [5.41, 5.74) is 1.39. The smallest absolute Gasteiger partial charge is 0.197 e. The van der Waals surface area contributed by atoms with Crippen molar-refractivity contribution >= 4 is 62.5 Å². The minimum atomic E-state index is -0.360. The number of carbonyl (C=O) groups excluding carboxylic acids is 2. The van der Waals surface area contributed by atoms with Gasteiger partial charge >= 0.3 is 0 Å². The molecule has 2 heterocycles. The molecule has 0 saturated carbocycles. The first kappa shape index (κ1) is 16.6. The number of allylic oxidation sites excluding steroid dienone is 1. The highest BCUT2D eigenvalue weighted by atomic mass is 35.5. The minimum Gasteiger partial charge on any atom is -0.456 e. The Balaban J connectivity index is 1.76. The maximum Gasteiger partial charge on any atom is 0.197 e. The molecule has 3 aromatic rings. The van der Waals surface area contributed by atoms with Crippen LogP contribution in [0.15, 0.2) is 34.3 Å². The average Bonchev–Trinajstić information content (AvgIpc) is 3.17. The van der Waals surface area contributed by atoms with Crippen LogP contribution in [0.4, 0.5) is 0 Å². The molecule has 1 aromatic carbocycles. The summed E-state index contributed by atoms with van der Waals surface area (Å²) in [6.45, 7) is 4.24. The van der Waals surface area contributed by atoms with Crippen molar-refractivity contribution in [3.8, 4) is 0 Å². The van der Waals surface area contributed by atoms with Crippen LogP contribution >= 0.6 is 34.5 Å². The second kappa shape index (κ2) is 5.84. The van der Waals surface area contributed by atoms with Crippen molar-refractivity contribution in [2.75, 3.05) is 0 Å². The van der Waals surface area contributed by atoms with Crippen LogP contribution < -0.4 is 0 Å². The van der Waals surface area contributed by atoms with E-state index in [4.69, 9.17) is 27.6 Å². The minimum absolute atomic E-state index is 0.0684. The predicted octanol–water partition coefficient (Wildman–Crippen LogP) is 6.39. The zero-order chi connectivity index (χ0) is 17.9. The zero-order valence-corrected chi connectivity index (χ0v) is 15.7. The Morgan fingerprint density at radius 1 is 1.00 bits per heavy atom. The average molecular weight is 391 g/mol. The van der Waals surface area contributed by atoms with Crippen LogP contribution in [-0.2, 0) is 0 Å². The molecule has 0 spiro atoms. The topological polar surface area (TPSA) is 47.3 Å². The molecule has 1 aliphatic carbocycles. The van der Waals surface area contributed by atoms with E-state index in [1.54, 1.807) is 11.3 Å². The number of carbonyl (C=O) groups is 2. The fraction of sp³-hybridized carbons (Fsp3) is 0.158. The summed E-state index contributed by atoms with van der Waals surface area (Å²) in [5, 5.41) is 0.505. The van der Waals surface area contributed by atoms with E-state index in [0.717, 1.165) is 10.3 Å². The van der Waals surface area contributed by atoms with Gasteiger partial charge in [0.2, 0.25) is 0 Å². The standard InChI is InChI=1S/C19H12Cl2O3S/c1-8(2)16-7-15-17(25-16)4-9(24-15)3-12-18(22)10-5-13(20)14(21)6-11(10)19(12)23/h3-8H,1-2H3. The molecule has 0 fully saturated rings. The van der Waals surface area contributed by atoms with E-state index in [1.807, 2.05) is 12.1 Å². The quantitative estimate of drug-likeness (QED) is 0.376. The maximum absolute atomic E-state index is 12.5. The van der Waals surface area contributed by atoms with Crippen LogP contribution in [0.1, 0.15) is 51.1 Å². The molecule has 3 nitrogen and oxygen atoms in total. The van der Waals surface area contributed by atoms with Crippen molar-refractivity contribution in [2.45, 2.75) is 19.8 Å². The number of hydrogen-bond acceptors (Lipinski definition) is 4. The molecule has 0 saturated heterocycles. The molecule has 0 N–H and O–H groups in total. The van der Waals surface area contributed by atoms with Gasteiger partial charge in [-0.05, 0) is 30.2 Å². The molecule has 126 valence electrons. The van der Waals surface area contributed by atoms with E-state index in [0.29, 0.717) is 11.7 Å². The lowest BCUT2D eigenvalue weighted by Crippen LogP contribution is -1.99. The number of hydrogen-bond donors (Lipinski definition) is 0. The Bertz CT molecular complexity index is 1010. The van der Waals surface area contributed by atoms with E-state index in [2.05, 4.69) is 13.8 Å². The van der Waals surface area contributed by atoms with Crippen molar-refractivity contribution in [3.63, 3.8) is 0 Å². The fourth-order valence-electron chi connectivity index (χ4n) is 2.82. The highest BCUT2D eigenvalue weighted by molar-refractivity contribution is 7.19. The number of benzene rings is 1. The van der Waals surface area contributed by atoms with E-state index < -0.39 is 0 Å². The molecule has 0 aliphatic heterocycles. The van der Waals surface area contributed by atoms with Gasteiger partial charge in [0.15, 0.2) is 11.6 Å². The molecule has 2 aromatic heterocycles. The van der Waals surface area contributed by atoms with Crippen molar-refractivity contribution in [2.24, 2.45) is 0 Å². The first-order valence-electron chi connectivity index (χ1n) is 7.68. The maximum atomic E-state index is 12.5. The third kappa shape index (κ3) is 2.65. The molecule has 6 heteroatoms. The SMILES string of the molecule is CC(C)c1cc2oc(C=C3C(=O)c4cc(Cl)c(Cl)cc4C3=O)cc2s1.